The number of nitrogens with one attached hydrogen (secondary N) is 1. The van der Waals surface area contributed by atoms with Gasteiger partial charge in [-0.2, -0.15) is 0 Å². The molecule has 0 unspecified atom stereocenters. The van der Waals surface area contributed by atoms with E-state index in [4.69, 9.17) is 9.84 Å². The number of anilines is 1. The average molecular weight is 645 g/mol. The highest BCUT2D eigenvalue weighted by molar-refractivity contribution is 9.11. The minimum atomic E-state index is -1.06. The minimum absolute atomic E-state index is 0.0354. The van der Waals surface area contributed by atoms with Crippen LogP contribution in [0.15, 0.2) is 75.2 Å². The van der Waals surface area contributed by atoms with Gasteiger partial charge in [-0.15, -0.1) is 0 Å². The summed E-state index contributed by atoms with van der Waals surface area (Å²) in [6.07, 6.45) is 1.26. The predicted molar refractivity (Wildman–Crippen MR) is 142 cm³/mol. The molecule has 1 saturated heterocycles. The first-order valence-corrected chi connectivity index (χ1v) is 12.2. The van der Waals surface area contributed by atoms with Gasteiger partial charge in [-0.1, -0.05) is 28.1 Å². The number of carboxylic acid groups (broad SMARTS) is 1. The lowest BCUT2D eigenvalue weighted by Crippen LogP contribution is -2.54. The van der Waals surface area contributed by atoms with E-state index >= 15 is 0 Å². The molecule has 1 aliphatic rings. The Bertz CT molecular complexity index is 1520. The van der Waals surface area contributed by atoms with E-state index in [1.165, 1.54) is 30.3 Å². The third kappa shape index (κ3) is 5.63. The number of imide groups is 2. The number of urea groups is 1. The zero-order valence-corrected chi connectivity index (χ0v) is 22.2. The molecule has 0 aromatic heterocycles. The van der Waals surface area contributed by atoms with Crippen molar-refractivity contribution in [3.05, 3.63) is 102 Å². The van der Waals surface area contributed by atoms with Crippen molar-refractivity contribution < 1.29 is 33.9 Å². The van der Waals surface area contributed by atoms with E-state index in [0.29, 0.717) is 25.0 Å². The van der Waals surface area contributed by atoms with E-state index in [0.717, 1.165) is 12.1 Å². The summed E-state index contributed by atoms with van der Waals surface area (Å²) in [5, 5.41) is 22.1. The molecule has 4 rings (SSSR count). The smallest absolute Gasteiger partial charge is 0.335 e. The normalized spacial score (nSPS) is 14.4. The van der Waals surface area contributed by atoms with Gasteiger partial charge in [-0.3, -0.25) is 25.0 Å². The highest BCUT2D eigenvalue weighted by Gasteiger charge is 2.37. The molecule has 1 fully saturated rings. The minimum Gasteiger partial charge on any atom is -0.487 e. The Morgan fingerprint density at radius 2 is 1.71 bits per heavy atom. The molecule has 0 atom stereocenters. The Labute approximate surface area is 231 Å². The van der Waals surface area contributed by atoms with Crippen LogP contribution >= 0.6 is 31.9 Å². The van der Waals surface area contributed by atoms with Crippen LogP contribution in [0.25, 0.3) is 6.08 Å². The van der Waals surface area contributed by atoms with Crippen molar-refractivity contribution in [2.45, 2.75) is 6.61 Å². The van der Waals surface area contributed by atoms with Gasteiger partial charge < -0.3 is 9.84 Å². The Morgan fingerprint density at radius 1 is 1.05 bits per heavy atom. The molecule has 0 radical (unpaired) electrons. The van der Waals surface area contributed by atoms with Crippen molar-refractivity contribution in [3.63, 3.8) is 0 Å². The molecule has 4 amide bonds. The van der Waals surface area contributed by atoms with Gasteiger partial charge in [0.1, 0.15) is 17.9 Å². The second-order valence-corrected chi connectivity index (χ2v) is 9.60. The number of non-ortho nitro benzene ring substituents is 1. The van der Waals surface area contributed by atoms with Crippen LogP contribution in [0, 0.1) is 10.1 Å². The number of nitro groups is 1. The summed E-state index contributed by atoms with van der Waals surface area (Å²) in [6.45, 7) is 0.0455. The van der Waals surface area contributed by atoms with Crippen LogP contribution in [-0.2, 0) is 16.2 Å². The van der Waals surface area contributed by atoms with Gasteiger partial charge in [-0.05, 0) is 64.0 Å². The molecule has 192 valence electrons. The molecule has 0 spiro atoms. The summed E-state index contributed by atoms with van der Waals surface area (Å²) in [5.41, 5.74) is 0.549. The number of benzene rings is 3. The molecule has 11 nitrogen and oxygen atoms in total. The van der Waals surface area contributed by atoms with E-state index in [1.54, 1.807) is 24.3 Å². The van der Waals surface area contributed by atoms with Crippen LogP contribution in [-0.4, -0.2) is 33.8 Å². The average Bonchev–Trinajstić information content (AvgIpc) is 2.86. The van der Waals surface area contributed by atoms with Gasteiger partial charge in [0.2, 0.25) is 0 Å². The molecule has 38 heavy (non-hydrogen) atoms. The van der Waals surface area contributed by atoms with Crippen molar-refractivity contribution >= 4 is 73.1 Å². The fourth-order valence-corrected chi connectivity index (χ4v) is 4.88. The maximum absolute atomic E-state index is 13.2. The molecular weight excluding hydrogens is 630 g/mol. The van der Waals surface area contributed by atoms with Crippen molar-refractivity contribution in [2.75, 3.05) is 4.90 Å². The standard InChI is InChI=1S/C25H15Br2N3O8/c26-16-9-15(21(20(27)11-16)38-12-13-1-3-14(4-2-13)24(33)34)10-19-22(31)28-25(35)29(23(19)32)17-5-7-18(8-6-17)30(36)37/h1-11H,12H2,(H,33,34)(H,28,31,35)/b19-10+. The summed E-state index contributed by atoms with van der Waals surface area (Å²) in [7, 11) is 0. The Hall–Kier alpha value is -4.36. The highest BCUT2D eigenvalue weighted by atomic mass is 79.9. The van der Waals surface area contributed by atoms with Crippen LogP contribution in [0.1, 0.15) is 21.5 Å². The van der Waals surface area contributed by atoms with Crippen molar-refractivity contribution in [2.24, 2.45) is 0 Å². The number of halogens is 2. The number of carbonyl (C=O) groups is 4. The molecule has 0 saturated carbocycles. The first-order valence-electron chi connectivity index (χ1n) is 10.6. The Morgan fingerprint density at radius 3 is 2.32 bits per heavy atom. The molecule has 0 bridgehead atoms. The van der Waals surface area contributed by atoms with Crippen LogP contribution in [0.3, 0.4) is 0 Å². The first kappa shape index (κ1) is 26.7. The zero-order valence-electron chi connectivity index (χ0n) is 19.0. The molecular formula is C25H15Br2N3O8. The third-order valence-electron chi connectivity index (χ3n) is 5.34. The number of hydrogen-bond donors (Lipinski definition) is 2. The molecule has 0 aliphatic carbocycles. The maximum atomic E-state index is 13.2. The predicted octanol–water partition coefficient (Wildman–Crippen LogP) is 5.06. The quantitative estimate of drug-likeness (QED) is 0.156. The van der Waals surface area contributed by atoms with Crippen LogP contribution in [0.2, 0.25) is 0 Å². The second-order valence-electron chi connectivity index (χ2n) is 7.83. The Balaban J connectivity index is 1.67. The van der Waals surface area contributed by atoms with Crippen molar-refractivity contribution in [3.8, 4) is 5.75 Å². The van der Waals surface area contributed by atoms with Gasteiger partial charge in [0.25, 0.3) is 17.5 Å². The van der Waals surface area contributed by atoms with Crippen LogP contribution < -0.4 is 15.0 Å². The molecule has 3 aromatic carbocycles. The van der Waals surface area contributed by atoms with Gasteiger partial charge >= 0.3 is 12.0 Å². The molecule has 3 aromatic rings. The van der Waals surface area contributed by atoms with E-state index in [9.17, 15) is 29.3 Å². The summed E-state index contributed by atoms with van der Waals surface area (Å²) in [5.74, 6) is -2.63. The summed E-state index contributed by atoms with van der Waals surface area (Å²) >= 11 is 6.77. The third-order valence-corrected chi connectivity index (χ3v) is 6.39. The molecule has 1 heterocycles. The second kappa shape index (κ2) is 10.9. The number of barbiturate groups is 1. The first-order chi connectivity index (χ1) is 18.0. The van der Waals surface area contributed by atoms with Crippen molar-refractivity contribution in [1.82, 2.24) is 5.32 Å². The van der Waals surface area contributed by atoms with Gasteiger partial charge in [-0.25, -0.2) is 14.5 Å². The van der Waals surface area contributed by atoms with E-state index in [1.807, 2.05) is 0 Å². The monoisotopic (exact) mass is 643 g/mol. The van der Waals surface area contributed by atoms with Crippen molar-refractivity contribution in [1.29, 1.82) is 0 Å². The fourth-order valence-electron chi connectivity index (χ4n) is 3.51. The number of hydrogen-bond acceptors (Lipinski definition) is 7. The summed E-state index contributed by atoms with van der Waals surface area (Å²) < 4.78 is 7.03. The molecule has 1 aliphatic heterocycles. The largest absolute Gasteiger partial charge is 0.487 e. The molecule has 2 N–H and O–H groups in total. The highest BCUT2D eigenvalue weighted by Crippen LogP contribution is 2.36. The SMILES string of the molecule is O=C1NC(=O)N(c2ccc([N+](=O)[O-])cc2)C(=O)/C1=C/c1cc(Br)cc(Br)c1OCc1ccc(C(=O)O)cc1. The fraction of sp³-hybridized carbons (Fsp3) is 0.0400. The number of rotatable bonds is 7. The van der Waals surface area contributed by atoms with Gasteiger partial charge in [0, 0.05) is 22.2 Å². The number of ether oxygens (including phenoxy) is 1. The van der Waals surface area contributed by atoms with Crippen LogP contribution in [0.5, 0.6) is 5.75 Å². The maximum Gasteiger partial charge on any atom is 0.335 e. The molecule has 13 heteroatoms. The number of carbonyl (C=O) groups excluding carboxylic acids is 3. The number of nitro benzene ring substituents is 1. The summed E-state index contributed by atoms with van der Waals surface area (Å²) in [6, 6.07) is 13.1. The van der Waals surface area contributed by atoms with E-state index < -0.39 is 28.7 Å². The summed E-state index contributed by atoms with van der Waals surface area (Å²) in [4.78, 5) is 60.4. The zero-order chi connectivity index (χ0) is 27.6. The van der Waals surface area contributed by atoms with Gasteiger partial charge in [0.15, 0.2) is 0 Å². The Kier molecular flexibility index (Phi) is 7.69. The lowest BCUT2D eigenvalue weighted by Gasteiger charge is -2.26. The van der Waals surface area contributed by atoms with Gasteiger partial charge in [0.05, 0.1) is 20.6 Å². The number of carboxylic acids is 1. The van der Waals surface area contributed by atoms with E-state index in [-0.39, 0.29) is 34.9 Å². The topological polar surface area (TPSA) is 156 Å². The van der Waals surface area contributed by atoms with E-state index in [2.05, 4.69) is 37.2 Å². The number of amides is 4. The lowest BCUT2D eigenvalue weighted by atomic mass is 10.1. The number of aromatic carboxylic acids is 1. The van der Waals surface area contributed by atoms with Crippen LogP contribution in [0.4, 0.5) is 16.2 Å². The number of nitrogens with zero attached hydrogens (tertiary/aromatic N) is 2. The lowest BCUT2D eigenvalue weighted by molar-refractivity contribution is -0.384.